The van der Waals surface area contributed by atoms with Crippen molar-refractivity contribution in [3.63, 3.8) is 0 Å². The number of aromatic carboxylic acids is 2. The number of hydrogen-bond donors (Lipinski definition) is 3. The molecule has 2 heterocycles. The van der Waals surface area contributed by atoms with E-state index in [4.69, 9.17) is 19.7 Å². The first-order valence-electron chi connectivity index (χ1n) is 12.1. The van der Waals surface area contributed by atoms with E-state index in [2.05, 4.69) is 10.2 Å². The smallest absolute Gasteiger partial charge is 0.359 e. The van der Waals surface area contributed by atoms with Crippen molar-refractivity contribution >= 4 is 47.3 Å². The third-order valence-electron chi connectivity index (χ3n) is 5.72. The minimum atomic E-state index is -1.18. The van der Waals surface area contributed by atoms with Gasteiger partial charge in [0.25, 0.3) is 5.91 Å². The van der Waals surface area contributed by atoms with Gasteiger partial charge in [0.1, 0.15) is 0 Å². The summed E-state index contributed by atoms with van der Waals surface area (Å²) in [6, 6.07) is 10.3. The van der Waals surface area contributed by atoms with E-state index in [1.807, 2.05) is 0 Å². The van der Waals surface area contributed by atoms with E-state index in [1.54, 1.807) is 13.8 Å². The molecule has 0 aliphatic carbocycles. The molecule has 14 nitrogen and oxygen atoms in total. The zero-order valence-electron chi connectivity index (χ0n) is 21.6. The number of aromatic nitrogens is 2. The van der Waals surface area contributed by atoms with E-state index in [9.17, 15) is 29.1 Å². The third kappa shape index (κ3) is 5.52. The number of ether oxygens (including phenoxy) is 2. The maximum atomic E-state index is 13.5. The predicted octanol–water partition coefficient (Wildman–Crippen LogP) is 2.50. The molecule has 3 aromatic rings. The quantitative estimate of drug-likeness (QED) is 0.256. The molecule has 0 bridgehead atoms. The van der Waals surface area contributed by atoms with Gasteiger partial charge in [-0.2, -0.15) is 19.9 Å². The molecule has 1 aliphatic rings. The van der Waals surface area contributed by atoms with Crippen LogP contribution in [0, 0.1) is 0 Å². The second kappa shape index (κ2) is 11.5. The van der Waals surface area contributed by atoms with Gasteiger partial charge in [-0.25, -0.2) is 19.2 Å². The number of carboxylic acid groups (broad SMARTS) is 2. The molecule has 41 heavy (non-hydrogen) atoms. The van der Waals surface area contributed by atoms with Gasteiger partial charge in [0.2, 0.25) is 5.88 Å². The molecule has 0 spiro atoms. The van der Waals surface area contributed by atoms with E-state index in [-0.39, 0.29) is 46.9 Å². The monoisotopic (exact) mass is 562 g/mol. The Morgan fingerprint density at radius 2 is 1.34 bits per heavy atom. The van der Waals surface area contributed by atoms with Crippen molar-refractivity contribution in [2.75, 3.05) is 18.2 Å². The highest BCUT2D eigenvalue weighted by atomic mass is 16.5. The van der Waals surface area contributed by atoms with Crippen LogP contribution in [-0.4, -0.2) is 73.8 Å². The second-order valence-electron chi connectivity index (χ2n) is 8.27. The molecule has 1 aliphatic heterocycles. The van der Waals surface area contributed by atoms with Crippen molar-refractivity contribution in [2.45, 2.75) is 13.8 Å². The fraction of sp³-hybridized carbons (Fsp3) is 0.148. The maximum Gasteiger partial charge on any atom is 0.359 e. The summed E-state index contributed by atoms with van der Waals surface area (Å²) in [5, 5.41) is 38.4. The molecule has 0 radical (unpaired) electrons. The molecule has 0 saturated heterocycles. The number of hydrogen-bond acceptors (Lipinski definition) is 10. The SMILES string of the molecule is CCOC(=O)C1=NN(c2ccc(C(=O)O)cc2)C(=O)C1=Cc1c(C(=O)OCC)nn(-c2ccc(C(=O)O)cc2)c1O. The van der Waals surface area contributed by atoms with Gasteiger partial charge >= 0.3 is 23.9 Å². The molecule has 210 valence electrons. The minimum Gasteiger partial charge on any atom is -0.493 e. The number of carbonyl (C=O) groups excluding carboxylic acids is 3. The van der Waals surface area contributed by atoms with Crippen molar-refractivity contribution in [3.05, 3.63) is 76.5 Å². The molecule has 14 heteroatoms. The molecule has 0 unspecified atom stereocenters. The number of amides is 1. The normalized spacial score (nSPS) is 13.7. The summed E-state index contributed by atoms with van der Waals surface area (Å²) < 4.78 is 11.0. The number of esters is 2. The largest absolute Gasteiger partial charge is 0.493 e. The van der Waals surface area contributed by atoms with Gasteiger partial charge in [-0.05, 0) is 68.5 Å². The Labute approximate surface area is 231 Å². The van der Waals surface area contributed by atoms with E-state index >= 15 is 0 Å². The van der Waals surface area contributed by atoms with Gasteiger partial charge in [0.15, 0.2) is 11.4 Å². The predicted molar refractivity (Wildman–Crippen MR) is 141 cm³/mol. The third-order valence-corrected chi connectivity index (χ3v) is 5.72. The van der Waals surface area contributed by atoms with Crippen molar-refractivity contribution in [1.29, 1.82) is 0 Å². The van der Waals surface area contributed by atoms with Crippen LogP contribution in [0.15, 0.2) is 59.2 Å². The van der Waals surface area contributed by atoms with Crippen molar-refractivity contribution in [2.24, 2.45) is 5.10 Å². The molecule has 2 aromatic carbocycles. The van der Waals surface area contributed by atoms with Crippen LogP contribution in [0.5, 0.6) is 5.88 Å². The molecule has 1 aromatic heterocycles. The second-order valence-corrected chi connectivity index (χ2v) is 8.27. The molecule has 0 atom stereocenters. The lowest BCUT2D eigenvalue weighted by molar-refractivity contribution is -0.135. The van der Waals surface area contributed by atoms with Crippen LogP contribution in [0.1, 0.15) is 50.6 Å². The molecule has 3 N–H and O–H groups in total. The first-order valence-corrected chi connectivity index (χ1v) is 12.1. The van der Waals surface area contributed by atoms with E-state index in [0.29, 0.717) is 0 Å². The Kier molecular flexibility index (Phi) is 7.94. The van der Waals surface area contributed by atoms with Crippen LogP contribution in [0.4, 0.5) is 5.69 Å². The summed E-state index contributed by atoms with van der Waals surface area (Å²) in [7, 11) is 0. The van der Waals surface area contributed by atoms with Crippen LogP contribution in [-0.2, 0) is 19.1 Å². The first-order chi connectivity index (χ1) is 19.6. The van der Waals surface area contributed by atoms with Crippen LogP contribution in [0.3, 0.4) is 0 Å². The van der Waals surface area contributed by atoms with Gasteiger partial charge in [-0.3, -0.25) is 4.79 Å². The minimum absolute atomic E-state index is 0.0309. The van der Waals surface area contributed by atoms with Crippen LogP contribution in [0.25, 0.3) is 11.8 Å². The van der Waals surface area contributed by atoms with Crippen LogP contribution < -0.4 is 5.01 Å². The molecule has 1 amide bonds. The lowest BCUT2D eigenvalue weighted by atomic mass is 10.1. The van der Waals surface area contributed by atoms with Gasteiger partial charge in [-0.1, -0.05) is 0 Å². The zero-order chi connectivity index (χ0) is 29.8. The maximum absolute atomic E-state index is 13.5. The zero-order valence-corrected chi connectivity index (χ0v) is 21.6. The van der Waals surface area contributed by atoms with E-state index in [0.717, 1.165) is 15.8 Å². The standard InChI is InChI=1S/C27H22N4O10/c1-3-40-26(38)20-18(22(32)30(28-20)16-9-5-14(6-10-16)24(34)35)13-19-21(27(39)41-4-2)29-31(23(19)33)17-11-7-15(8-12-17)25(36)37/h5-13,32H,3-4H2,1-2H3,(H,34,35)(H,36,37). The lowest BCUT2D eigenvalue weighted by Crippen LogP contribution is -2.23. The number of carbonyl (C=O) groups is 5. The van der Waals surface area contributed by atoms with E-state index in [1.165, 1.54) is 48.5 Å². The fourth-order valence-corrected chi connectivity index (χ4v) is 3.79. The number of aromatic hydroxyl groups is 1. The summed E-state index contributed by atoms with van der Waals surface area (Å²) >= 11 is 0. The molecule has 0 fully saturated rings. The Bertz CT molecular complexity index is 1620. The van der Waals surface area contributed by atoms with Crippen molar-refractivity contribution < 1.29 is 48.8 Å². The summed E-state index contributed by atoms with van der Waals surface area (Å²) in [5.74, 6) is -5.74. The number of hydrazone groups is 1. The summed E-state index contributed by atoms with van der Waals surface area (Å²) in [6.07, 6.45) is 1.04. The van der Waals surface area contributed by atoms with E-state index < -0.39 is 47.1 Å². The number of rotatable bonds is 9. The number of benzene rings is 2. The fourth-order valence-electron chi connectivity index (χ4n) is 3.79. The Hall–Kier alpha value is -5.79. The Morgan fingerprint density at radius 1 is 0.829 bits per heavy atom. The Morgan fingerprint density at radius 3 is 1.85 bits per heavy atom. The number of carboxylic acids is 2. The van der Waals surface area contributed by atoms with Crippen LogP contribution >= 0.6 is 0 Å². The molecule has 4 rings (SSSR count). The highest BCUT2D eigenvalue weighted by Crippen LogP contribution is 2.32. The summed E-state index contributed by atoms with van der Waals surface area (Å²) in [5.41, 5.74) is -1.24. The topological polar surface area (TPSA) is 198 Å². The Balaban J connectivity index is 1.85. The van der Waals surface area contributed by atoms with Crippen molar-refractivity contribution in [1.82, 2.24) is 9.78 Å². The molecular weight excluding hydrogens is 540 g/mol. The van der Waals surface area contributed by atoms with Crippen LogP contribution in [0.2, 0.25) is 0 Å². The van der Waals surface area contributed by atoms with Gasteiger partial charge < -0.3 is 24.8 Å². The number of nitrogens with zero attached hydrogens (tertiary/aromatic N) is 4. The average molecular weight is 562 g/mol. The average Bonchev–Trinajstić information content (AvgIpc) is 3.46. The number of anilines is 1. The van der Waals surface area contributed by atoms with Gasteiger partial charge in [0.05, 0.1) is 46.9 Å². The molecule has 0 saturated carbocycles. The lowest BCUT2D eigenvalue weighted by Gasteiger charge is -2.11. The van der Waals surface area contributed by atoms with Gasteiger partial charge in [0, 0.05) is 0 Å². The highest BCUT2D eigenvalue weighted by Gasteiger charge is 2.37. The molecular formula is C27H22N4O10. The summed E-state index contributed by atoms with van der Waals surface area (Å²) in [4.78, 5) is 61.4. The summed E-state index contributed by atoms with van der Waals surface area (Å²) in [6.45, 7) is 3.02. The first kappa shape index (κ1) is 28.2. The van der Waals surface area contributed by atoms with Crippen molar-refractivity contribution in [3.8, 4) is 11.6 Å². The van der Waals surface area contributed by atoms with Gasteiger partial charge in [-0.15, -0.1) is 0 Å². The highest BCUT2D eigenvalue weighted by molar-refractivity contribution is 6.54.